The minimum atomic E-state index is -0.370. The average molecular weight is 312 g/mol. The summed E-state index contributed by atoms with van der Waals surface area (Å²) in [6, 6.07) is 10.3. The molecule has 1 aliphatic heterocycles. The number of carbonyl (C=O) groups is 1. The first-order valence-corrected chi connectivity index (χ1v) is 7.17. The molecule has 0 aromatic heterocycles. The van der Waals surface area contributed by atoms with Gasteiger partial charge in [0.1, 0.15) is 19.0 Å². The van der Waals surface area contributed by atoms with E-state index in [9.17, 15) is 9.90 Å². The lowest BCUT2D eigenvalue weighted by molar-refractivity contribution is 0.0954. The Morgan fingerprint density at radius 3 is 2.83 bits per heavy atom. The van der Waals surface area contributed by atoms with E-state index in [1.165, 1.54) is 6.21 Å². The largest absolute Gasteiger partial charge is 0.507 e. The molecule has 2 aromatic carbocycles. The predicted molar refractivity (Wildman–Crippen MR) is 85.3 cm³/mol. The summed E-state index contributed by atoms with van der Waals surface area (Å²) in [7, 11) is 0. The molecule has 0 unspecified atom stereocenters. The third-order valence-electron chi connectivity index (χ3n) is 3.44. The quantitative estimate of drug-likeness (QED) is 0.673. The zero-order chi connectivity index (χ0) is 16.2. The van der Waals surface area contributed by atoms with Crippen LogP contribution in [0.3, 0.4) is 0 Å². The van der Waals surface area contributed by atoms with E-state index < -0.39 is 0 Å². The zero-order valence-electron chi connectivity index (χ0n) is 12.6. The molecule has 3 rings (SSSR count). The van der Waals surface area contributed by atoms with Crippen molar-refractivity contribution in [2.24, 2.45) is 5.10 Å². The van der Waals surface area contributed by atoms with Crippen LogP contribution >= 0.6 is 0 Å². The van der Waals surface area contributed by atoms with Gasteiger partial charge in [-0.2, -0.15) is 5.10 Å². The molecule has 0 bridgehead atoms. The van der Waals surface area contributed by atoms with E-state index in [1.54, 1.807) is 43.3 Å². The Morgan fingerprint density at radius 1 is 1.22 bits per heavy atom. The van der Waals surface area contributed by atoms with Crippen LogP contribution in [-0.4, -0.2) is 30.4 Å². The average Bonchev–Trinajstić information content (AvgIpc) is 2.58. The SMILES string of the molecule is Cc1cccc(/C=N/NC(=O)c2ccc3c(c2)OCCO3)c1O. The van der Waals surface area contributed by atoms with Crippen molar-refractivity contribution in [2.45, 2.75) is 6.92 Å². The highest BCUT2D eigenvalue weighted by Gasteiger charge is 2.14. The number of ether oxygens (including phenoxy) is 2. The summed E-state index contributed by atoms with van der Waals surface area (Å²) in [5.74, 6) is 0.945. The Balaban J connectivity index is 1.70. The minimum absolute atomic E-state index is 0.143. The normalized spacial score (nSPS) is 13.1. The first-order valence-electron chi connectivity index (χ1n) is 7.17. The second-order valence-electron chi connectivity index (χ2n) is 5.07. The van der Waals surface area contributed by atoms with Crippen LogP contribution in [-0.2, 0) is 0 Å². The number of nitrogens with one attached hydrogen (secondary N) is 1. The van der Waals surface area contributed by atoms with Crippen molar-refractivity contribution in [1.29, 1.82) is 0 Å². The topological polar surface area (TPSA) is 80.2 Å². The highest BCUT2D eigenvalue weighted by Crippen LogP contribution is 2.30. The van der Waals surface area contributed by atoms with Crippen LogP contribution in [0.5, 0.6) is 17.2 Å². The Bertz CT molecular complexity index is 771. The number of carbonyl (C=O) groups excluding carboxylic acids is 1. The lowest BCUT2D eigenvalue weighted by Gasteiger charge is -2.18. The van der Waals surface area contributed by atoms with Gasteiger partial charge in [0.25, 0.3) is 5.91 Å². The summed E-state index contributed by atoms with van der Waals surface area (Å²) < 4.78 is 10.8. The molecule has 6 heteroatoms. The molecule has 0 radical (unpaired) electrons. The number of fused-ring (bicyclic) bond motifs is 1. The molecule has 0 saturated carbocycles. The van der Waals surface area contributed by atoms with E-state index in [4.69, 9.17) is 9.47 Å². The number of aromatic hydroxyl groups is 1. The fourth-order valence-electron chi connectivity index (χ4n) is 2.20. The van der Waals surface area contributed by atoms with Crippen molar-refractivity contribution < 1.29 is 19.4 Å². The number of phenols is 1. The molecular weight excluding hydrogens is 296 g/mol. The van der Waals surface area contributed by atoms with Gasteiger partial charge >= 0.3 is 0 Å². The van der Waals surface area contributed by atoms with Crippen LogP contribution < -0.4 is 14.9 Å². The second kappa shape index (κ2) is 6.39. The first kappa shape index (κ1) is 14.9. The first-order chi connectivity index (χ1) is 11.1. The smallest absolute Gasteiger partial charge is 0.271 e. The van der Waals surface area contributed by atoms with Gasteiger partial charge in [-0.05, 0) is 36.8 Å². The van der Waals surface area contributed by atoms with Crippen LogP contribution in [0.15, 0.2) is 41.5 Å². The van der Waals surface area contributed by atoms with Gasteiger partial charge < -0.3 is 14.6 Å². The van der Waals surface area contributed by atoms with Crippen molar-refractivity contribution in [2.75, 3.05) is 13.2 Å². The highest BCUT2D eigenvalue weighted by atomic mass is 16.6. The van der Waals surface area contributed by atoms with Gasteiger partial charge in [-0.25, -0.2) is 5.43 Å². The molecule has 2 aromatic rings. The maximum Gasteiger partial charge on any atom is 0.271 e. The summed E-state index contributed by atoms with van der Waals surface area (Å²) in [5, 5.41) is 13.8. The van der Waals surface area contributed by atoms with Gasteiger partial charge in [0, 0.05) is 11.1 Å². The summed E-state index contributed by atoms with van der Waals surface area (Å²) in [6.45, 7) is 2.76. The standard InChI is InChI=1S/C17H16N2O4/c1-11-3-2-4-13(16(11)20)10-18-19-17(21)12-5-6-14-15(9-12)23-8-7-22-14/h2-6,9-10,20H,7-8H2,1H3,(H,19,21)/b18-10+. The molecule has 0 fully saturated rings. The lowest BCUT2D eigenvalue weighted by Crippen LogP contribution is -2.19. The van der Waals surface area contributed by atoms with Crippen LogP contribution in [0, 0.1) is 6.92 Å². The number of hydrogen-bond donors (Lipinski definition) is 2. The Morgan fingerprint density at radius 2 is 2.00 bits per heavy atom. The van der Waals surface area contributed by atoms with E-state index in [-0.39, 0.29) is 11.7 Å². The van der Waals surface area contributed by atoms with E-state index in [2.05, 4.69) is 10.5 Å². The number of hydrazone groups is 1. The summed E-state index contributed by atoms with van der Waals surface area (Å²) in [4.78, 5) is 12.1. The number of aryl methyl sites for hydroxylation is 1. The minimum Gasteiger partial charge on any atom is -0.507 e. The Hall–Kier alpha value is -3.02. The number of amides is 1. The maximum absolute atomic E-state index is 12.1. The van der Waals surface area contributed by atoms with E-state index >= 15 is 0 Å². The molecule has 1 amide bonds. The monoisotopic (exact) mass is 312 g/mol. The number of para-hydroxylation sites is 1. The number of nitrogens with zero attached hydrogens (tertiary/aromatic N) is 1. The van der Waals surface area contributed by atoms with E-state index in [0.29, 0.717) is 35.8 Å². The van der Waals surface area contributed by atoms with E-state index in [1.807, 2.05) is 0 Å². The van der Waals surface area contributed by atoms with Gasteiger partial charge in [0.15, 0.2) is 11.5 Å². The zero-order valence-corrected chi connectivity index (χ0v) is 12.6. The van der Waals surface area contributed by atoms with Crippen molar-refractivity contribution >= 4 is 12.1 Å². The van der Waals surface area contributed by atoms with Gasteiger partial charge in [-0.3, -0.25) is 4.79 Å². The van der Waals surface area contributed by atoms with Crippen molar-refractivity contribution in [3.63, 3.8) is 0 Å². The van der Waals surface area contributed by atoms with Crippen molar-refractivity contribution in [1.82, 2.24) is 5.43 Å². The molecule has 1 aliphatic rings. The van der Waals surface area contributed by atoms with E-state index in [0.717, 1.165) is 5.56 Å². The lowest BCUT2D eigenvalue weighted by atomic mass is 10.1. The molecule has 1 heterocycles. The molecule has 0 saturated heterocycles. The fraction of sp³-hybridized carbons (Fsp3) is 0.176. The fourth-order valence-corrected chi connectivity index (χ4v) is 2.20. The highest BCUT2D eigenvalue weighted by molar-refractivity contribution is 5.95. The van der Waals surface area contributed by atoms with Crippen molar-refractivity contribution in [3.8, 4) is 17.2 Å². The van der Waals surface area contributed by atoms with Gasteiger partial charge in [0.05, 0.1) is 6.21 Å². The van der Waals surface area contributed by atoms with Crippen LogP contribution in [0.2, 0.25) is 0 Å². The maximum atomic E-state index is 12.1. The van der Waals surface area contributed by atoms with Gasteiger partial charge in [-0.1, -0.05) is 12.1 Å². The number of phenolic OH excluding ortho intramolecular Hbond substituents is 1. The van der Waals surface area contributed by atoms with Gasteiger partial charge in [0.2, 0.25) is 0 Å². The summed E-state index contributed by atoms with van der Waals surface area (Å²) >= 11 is 0. The summed E-state index contributed by atoms with van der Waals surface area (Å²) in [6.07, 6.45) is 1.40. The second-order valence-corrected chi connectivity index (χ2v) is 5.07. The van der Waals surface area contributed by atoms with Gasteiger partial charge in [-0.15, -0.1) is 0 Å². The Labute approximate surface area is 133 Å². The molecule has 2 N–H and O–H groups in total. The molecule has 0 spiro atoms. The number of rotatable bonds is 3. The molecular formula is C17H16N2O4. The predicted octanol–water partition coefficient (Wildman–Crippen LogP) is 2.24. The van der Waals surface area contributed by atoms with Crippen LogP contribution in [0.25, 0.3) is 0 Å². The molecule has 0 aliphatic carbocycles. The third kappa shape index (κ3) is 3.26. The molecule has 6 nitrogen and oxygen atoms in total. The molecule has 0 atom stereocenters. The third-order valence-corrected chi connectivity index (χ3v) is 3.44. The number of hydrogen-bond acceptors (Lipinski definition) is 5. The van der Waals surface area contributed by atoms with Crippen LogP contribution in [0.4, 0.5) is 0 Å². The van der Waals surface area contributed by atoms with Crippen molar-refractivity contribution in [3.05, 3.63) is 53.1 Å². The number of benzene rings is 2. The molecule has 23 heavy (non-hydrogen) atoms. The molecule has 118 valence electrons. The summed E-state index contributed by atoms with van der Waals surface area (Å²) in [5.41, 5.74) is 4.12. The van der Waals surface area contributed by atoms with Crippen LogP contribution in [0.1, 0.15) is 21.5 Å². The Kier molecular flexibility index (Phi) is 4.14.